The Morgan fingerprint density at radius 2 is 1.81 bits per heavy atom. The van der Waals surface area contributed by atoms with Gasteiger partial charge >= 0.3 is 5.69 Å². The van der Waals surface area contributed by atoms with E-state index in [1.807, 2.05) is 25.1 Å². The van der Waals surface area contributed by atoms with E-state index in [0.717, 1.165) is 16.5 Å². The van der Waals surface area contributed by atoms with Crippen LogP contribution in [0.4, 0.5) is 0 Å². The monoisotopic (exact) mass is 354 g/mol. The van der Waals surface area contributed by atoms with Gasteiger partial charge in [-0.25, -0.2) is 4.79 Å². The summed E-state index contributed by atoms with van der Waals surface area (Å²) in [6.45, 7) is 2.58. The molecule has 3 aromatic rings. The molecule has 1 aromatic heterocycles. The number of ether oxygens (including phenoxy) is 4. The number of nitrogens with zero attached hydrogens (tertiary/aromatic N) is 2. The van der Waals surface area contributed by atoms with Gasteiger partial charge in [-0.05, 0) is 31.2 Å². The average Bonchev–Trinajstić information content (AvgIpc) is 3.12. The standard InChI is InChI=1S/C19H18N2O5/c1-4-21-13-9-17-16(25-10-26-17)8-12(13)18(20-19(21)22)11-5-6-14(23-2)15(7-11)24-3/h5-9H,4,10H2,1-3H3. The predicted octanol–water partition coefficient (Wildman–Crippen LogP) is 2.83. The number of hydrogen-bond acceptors (Lipinski definition) is 6. The van der Waals surface area contributed by atoms with E-state index >= 15 is 0 Å². The van der Waals surface area contributed by atoms with E-state index in [4.69, 9.17) is 18.9 Å². The van der Waals surface area contributed by atoms with Gasteiger partial charge < -0.3 is 18.9 Å². The number of fused-ring (bicyclic) bond motifs is 2. The van der Waals surface area contributed by atoms with Crippen LogP contribution in [0.2, 0.25) is 0 Å². The number of rotatable bonds is 4. The summed E-state index contributed by atoms with van der Waals surface area (Å²) in [4.78, 5) is 16.9. The summed E-state index contributed by atoms with van der Waals surface area (Å²) < 4.78 is 23.2. The third-order valence-electron chi connectivity index (χ3n) is 4.45. The molecule has 0 aliphatic carbocycles. The fourth-order valence-corrected chi connectivity index (χ4v) is 3.17. The van der Waals surface area contributed by atoms with Crippen molar-refractivity contribution in [2.45, 2.75) is 13.5 Å². The molecule has 0 bridgehead atoms. The van der Waals surface area contributed by atoms with Crippen LogP contribution in [0.1, 0.15) is 6.92 Å². The second kappa shape index (κ2) is 6.25. The molecule has 2 aromatic carbocycles. The van der Waals surface area contributed by atoms with Crippen LogP contribution in [-0.4, -0.2) is 30.6 Å². The van der Waals surface area contributed by atoms with Crippen molar-refractivity contribution >= 4 is 10.9 Å². The van der Waals surface area contributed by atoms with Crippen LogP contribution in [0, 0.1) is 0 Å². The molecule has 4 rings (SSSR count). The van der Waals surface area contributed by atoms with E-state index in [-0.39, 0.29) is 12.5 Å². The summed E-state index contributed by atoms with van der Waals surface area (Å²) in [5, 5.41) is 0.808. The van der Waals surface area contributed by atoms with E-state index in [1.54, 1.807) is 30.9 Å². The maximum absolute atomic E-state index is 12.6. The molecule has 0 atom stereocenters. The van der Waals surface area contributed by atoms with Crippen molar-refractivity contribution in [3.8, 4) is 34.3 Å². The molecule has 1 aliphatic heterocycles. The number of aromatic nitrogens is 2. The highest BCUT2D eigenvalue weighted by Crippen LogP contribution is 2.39. The molecule has 0 spiro atoms. The lowest BCUT2D eigenvalue weighted by Crippen LogP contribution is -2.23. The van der Waals surface area contributed by atoms with Crippen LogP contribution in [-0.2, 0) is 6.54 Å². The van der Waals surface area contributed by atoms with Crippen molar-refractivity contribution in [2.75, 3.05) is 21.0 Å². The maximum atomic E-state index is 12.6. The molecule has 0 N–H and O–H groups in total. The summed E-state index contributed by atoms with van der Waals surface area (Å²) in [7, 11) is 3.15. The molecule has 0 unspecified atom stereocenters. The van der Waals surface area contributed by atoms with Crippen molar-refractivity contribution in [2.24, 2.45) is 0 Å². The first-order valence-electron chi connectivity index (χ1n) is 8.22. The molecular formula is C19H18N2O5. The van der Waals surface area contributed by atoms with Crippen molar-refractivity contribution in [1.29, 1.82) is 0 Å². The Labute approximate surface area is 149 Å². The normalized spacial score (nSPS) is 12.4. The minimum Gasteiger partial charge on any atom is -0.493 e. The van der Waals surface area contributed by atoms with Crippen LogP contribution >= 0.6 is 0 Å². The molecule has 134 valence electrons. The molecule has 2 heterocycles. The highest BCUT2D eigenvalue weighted by Gasteiger charge is 2.20. The molecule has 0 saturated carbocycles. The zero-order valence-electron chi connectivity index (χ0n) is 14.7. The van der Waals surface area contributed by atoms with E-state index in [9.17, 15) is 4.79 Å². The van der Waals surface area contributed by atoms with Crippen molar-refractivity contribution in [1.82, 2.24) is 9.55 Å². The minimum absolute atomic E-state index is 0.168. The van der Waals surface area contributed by atoms with Gasteiger partial charge in [0.25, 0.3) is 0 Å². The Balaban J connectivity index is 2.03. The summed E-state index contributed by atoms with van der Waals surface area (Å²) in [5.41, 5.74) is 1.76. The second-order valence-electron chi connectivity index (χ2n) is 5.78. The van der Waals surface area contributed by atoms with Gasteiger partial charge in [0.2, 0.25) is 6.79 Å². The first kappa shape index (κ1) is 16.3. The molecular weight excluding hydrogens is 336 g/mol. The summed E-state index contributed by atoms with van der Waals surface area (Å²) in [6.07, 6.45) is 0. The zero-order chi connectivity index (χ0) is 18.3. The van der Waals surface area contributed by atoms with E-state index in [2.05, 4.69) is 4.98 Å². The molecule has 7 heteroatoms. The summed E-state index contributed by atoms with van der Waals surface area (Å²) >= 11 is 0. The Morgan fingerprint density at radius 1 is 1.08 bits per heavy atom. The van der Waals surface area contributed by atoms with Gasteiger partial charge in [-0.1, -0.05) is 0 Å². The number of aryl methyl sites for hydroxylation is 1. The smallest absolute Gasteiger partial charge is 0.348 e. The van der Waals surface area contributed by atoms with Crippen molar-refractivity contribution in [3.63, 3.8) is 0 Å². The Kier molecular flexibility index (Phi) is 3.91. The van der Waals surface area contributed by atoms with Crippen LogP contribution < -0.4 is 24.6 Å². The quantitative estimate of drug-likeness (QED) is 0.717. The molecule has 1 aliphatic rings. The highest BCUT2D eigenvalue weighted by molar-refractivity contribution is 5.95. The lowest BCUT2D eigenvalue weighted by molar-refractivity contribution is 0.174. The molecule has 0 fully saturated rings. The van der Waals surface area contributed by atoms with Gasteiger partial charge in [-0.2, -0.15) is 4.98 Å². The fraction of sp³-hybridized carbons (Fsp3) is 0.263. The number of hydrogen-bond donors (Lipinski definition) is 0. The molecule has 0 amide bonds. The fourth-order valence-electron chi connectivity index (χ4n) is 3.17. The summed E-state index contributed by atoms with van der Waals surface area (Å²) in [6, 6.07) is 9.14. The molecule has 0 radical (unpaired) electrons. The SMILES string of the molecule is CCn1c(=O)nc(-c2ccc(OC)c(OC)c2)c2cc3c(cc21)OCO3. The second-order valence-corrected chi connectivity index (χ2v) is 5.78. The van der Waals surface area contributed by atoms with E-state index in [1.165, 1.54) is 0 Å². The van der Waals surface area contributed by atoms with Gasteiger partial charge in [-0.3, -0.25) is 4.57 Å². The van der Waals surface area contributed by atoms with E-state index in [0.29, 0.717) is 35.2 Å². The Bertz CT molecular complexity index is 1060. The van der Waals surface area contributed by atoms with Crippen LogP contribution in [0.5, 0.6) is 23.0 Å². The van der Waals surface area contributed by atoms with Gasteiger partial charge in [0.05, 0.1) is 25.4 Å². The van der Waals surface area contributed by atoms with Gasteiger partial charge in [0.15, 0.2) is 23.0 Å². The lowest BCUT2D eigenvalue weighted by atomic mass is 10.0. The highest BCUT2D eigenvalue weighted by atomic mass is 16.7. The van der Waals surface area contributed by atoms with Crippen LogP contribution in [0.3, 0.4) is 0 Å². The predicted molar refractivity (Wildman–Crippen MR) is 96.3 cm³/mol. The number of methoxy groups -OCH3 is 2. The Hall–Kier alpha value is -3.22. The maximum Gasteiger partial charge on any atom is 0.348 e. The minimum atomic E-state index is -0.316. The van der Waals surface area contributed by atoms with Crippen molar-refractivity contribution in [3.05, 3.63) is 40.8 Å². The molecule has 7 nitrogen and oxygen atoms in total. The van der Waals surface area contributed by atoms with Crippen LogP contribution in [0.15, 0.2) is 35.1 Å². The largest absolute Gasteiger partial charge is 0.493 e. The van der Waals surface area contributed by atoms with Gasteiger partial charge in [-0.15, -0.1) is 0 Å². The van der Waals surface area contributed by atoms with Gasteiger partial charge in [0, 0.05) is 23.6 Å². The zero-order valence-corrected chi connectivity index (χ0v) is 14.7. The first-order valence-corrected chi connectivity index (χ1v) is 8.22. The number of benzene rings is 2. The third-order valence-corrected chi connectivity index (χ3v) is 4.45. The molecule has 0 saturated heterocycles. The summed E-state index contributed by atoms with van der Waals surface area (Å²) in [5.74, 6) is 2.45. The van der Waals surface area contributed by atoms with E-state index < -0.39 is 0 Å². The lowest BCUT2D eigenvalue weighted by Gasteiger charge is -2.14. The van der Waals surface area contributed by atoms with Gasteiger partial charge in [0.1, 0.15) is 0 Å². The Morgan fingerprint density at radius 3 is 2.50 bits per heavy atom. The first-order chi connectivity index (χ1) is 12.7. The molecule has 26 heavy (non-hydrogen) atoms. The average molecular weight is 354 g/mol. The van der Waals surface area contributed by atoms with Crippen LogP contribution in [0.25, 0.3) is 22.2 Å². The van der Waals surface area contributed by atoms with Crippen molar-refractivity contribution < 1.29 is 18.9 Å². The topological polar surface area (TPSA) is 71.8 Å². The third kappa shape index (κ3) is 2.44.